The number of hydrogen-bond acceptors (Lipinski definition) is 5. The topological polar surface area (TPSA) is 77.3 Å². The number of carbonyl (C=O) groups excluding carboxylic acids is 2. The first kappa shape index (κ1) is 19.8. The SMILES string of the molecule is C[C@H](OC(=O)/C=C/c1cn(Cc2ccccc2)nn1)C(=O)N1CCCCCC1. The Hall–Kier alpha value is -2.96. The molecule has 1 fully saturated rings. The molecule has 1 atom stereocenters. The Balaban J connectivity index is 1.50. The third-order valence-corrected chi connectivity index (χ3v) is 4.69. The molecule has 28 heavy (non-hydrogen) atoms. The zero-order valence-electron chi connectivity index (χ0n) is 16.2. The molecule has 0 aliphatic carbocycles. The maximum atomic E-state index is 12.4. The van der Waals surface area contributed by atoms with Gasteiger partial charge in [-0.05, 0) is 31.4 Å². The van der Waals surface area contributed by atoms with Crippen LogP contribution >= 0.6 is 0 Å². The highest BCUT2D eigenvalue weighted by molar-refractivity contribution is 5.90. The maximum absolute atomic E-state index is 12.4. The Morgan fingerprint density at radius 3 is 2.57 bits per heavy atom. The highest BCUT2D eigenvalue weighted by Crippen LogP contribution is 2.12. The van der Waals surface area contributed by atoms with Crippen LogP contribution in [0.3, 0.4) is 0 Å². The van der Waals surface area contributed by atoms with Gasteiger partial charge in [0.2, 0.25) is 0 Å². The third-order valence-electron chi connectivity index (χ3n) is 4.69. The zero-order chi connectivity index (χ0) is 19.8. The van der Waals surface area contributed by atoms with E-state index in [1.54, 1.807) is 28.8 Å². The Morgan fingerprint density at radius 1 is 1.14 bits per heavy atom. The molecule has 2 aromatic rings. The van der Waals surface area contributed by atoms with Gasteiger partial charge in [0, 0.05) is 19.2 Å². The van der Waals surface area contributed by atoms with Gasteiger partial charge in [0.15, 0.2) is 6.10 Å². The first-order chi connectivity index (χ1) is 13.6. The molecule has 1 aliphatic heterocycles. The van der Waals surface area contributed by atoms with Crippen LogP contribution in [-0.4, -0.2) is 51.0 Å². The molecule has 0 bridgehead atoms. The highest BCUT2D eigenvalue weighted by atomic mass is 16.5. The summed E-state index contributed by atoms with van der Waals surface area (Å²) in [7, 11) is 0. The van der Waals surface area contributed by atoms with Crippen molar-refractivity contribution in [2.75, 3.05) is 13.1 Å². The molecule has 0 radical (unpaired) electrons. The molecule has 1 saturated heterocycles. The van der Waals surface area contributed by atoms with E-state index in [4.69, 9.17) is 4.74 Å². The number of likely N-dealkylation sites (tertiary alicyclic amines) is 1. The number of amides is 1. The van der Waals surface area contributed by atoms with Gasteiger partial charge in [0.05, 0.1) is 12.7 Å². The molecular weight excluding hydrogens is 356 g/mol. The van der Waals surface area contributed by atoms with Crippen LogP contribution in [0, 0.1) is 0 Å². The van der Waals surface area contributed by atoms with Crippen LogP contribution in [0.25, 0.3) is 6.08 Å². The number of carbonyl (C=O) groups is 2. The van der Waals surface area contributed by atoms with Crippen LogP contribution in [0.4, 0.5) is 0 Å². The van der Waals surface area contributed by atoms with E-state index in [-0.39, 0.29) is 5.91 Å². The van der Waals surface area contributed by atoms with Gasteiger partial charge in [-0.1, -0.05) is 48.4 Å². The summed E-state index contributed by atoms with van der Waals surface area (Å²) >= 11 is 0. The molecule has 1 amide bonds. The van der Waals surface area contributed by atoms with Gasteiger partial charge in [-0.2, -0.15) is 0 Å². The molecular formula is C21H26N4O3. The van der Waals surface area contributed by atoms with E-state index >= 15 is 0 Å². The Kier molecular flexibility index (Phi) is 6.94. The van der Waals surface area contributed by atoms with Gasteiger partial charge in [0.25, 0.3) is 5.91 Å². The molecule has 1 aromatic heterocycles. The van der Waals surface area contributed by atoms with Crippen molar-refractivity contribution in [3.05, 3.63) is 53.9 Å². The summed E-state index contributed by atoms with van der Waals surface area (Å²) < 4.78 is 6.96. The largest absolute Gasteiger partial charge is 0.449 e. The molecule has 0 N–H and O–H groups in total. The number of ether oxygens (including phenoxy) is 1. The van der Waals surface area contributed by atoms with Crippen molar-refractivity contribution in [3.63, 3.8) is 0 Å². The average Bonchev–Trinajstić information content (AvgIpc) is 2.97. The van der Waals surface area contributed by atoms with Crippen LogP contribution in [0.15, 0.2) is 42.6 Å². The van der Waals surface area contributed by atoms with Crippen LogP contribution in [0.5, 0.6) is 0 Å². The van der Waals surface area contributed by atoms with E-state index in [1.165, 1.54) is 6.08 Å². The monoisotopic (exact) mass is 382 g/mol. The number of nitrogens with zero attached hydrogens (tertiary/aromatic N) is 4. The highest BCUT2D eigenvalue weighted by Gasteiger charge is 2.23. The van der Waals surface area contributed by atoms with Crippen LogP contribution in [-0.2, 0) is 20.9 Å². The van der Waals surface area contributed by atoms with Gasteiger partial charge in [0.1, 0.15) is 5.69 Å². The van der Waals surface area contributed by atoms with E-state index in [0.717, 1.165) is 44.3 Å². The van der Waals surface area contributed by atoms with E-state index < -0.39 is 12.1 Å². The number of esters is 1. The van der Waals surface area contributed by atoms with Crippen molar-refractivity contribution in [1.29, 1.82) is 0 Å². The van der Waals surface area contributed by atoms with E-state index in [9.17, 15) is 9.59 Å². The average molecular weight is 382 g/mol. The van der Waals surface area contributed by atoms with Gasteiger partial charge >= 0.3 is 5.97 Å². The number of benzene rings is 1. The summed E-state index contributed by atoms with van der Waals surface area (Å²) in [6, 6.07) is 9.92. The van der Waals surface area contributed by atoms with Crippen molar-refractivity contribution < 1.29 is 14.3 Å². The molecule has 0 spiro atoms. The minimum Gasteiger partial charge on any atom is -0.449 e. The van der Waals surface area contributed by atoms with Gasteiger partial charge in [-0.25, -0.2) is 9.48 Å². The minimum atomic E-state index is -0.788. The van der Waals surface area contributed by atoms with Gasteiger partial charge < -0.3 is 9.64 Å². The smallest absolute Gasteiger partial charge is 0.331 e. The first-order valence-corrected chi connectivity index (χ1v) is 9.73. The summed E-state index contributed by atoms with van der Waals surface area (Å²) in [5, 5.41) is 8.08. The molecule has 0 unspecified atom stereocenters. The predicted molar refractivity (Wildman–Crippen MR) is 105 cm³/mol. The normalized spacial score (nSPS) is 16.0. The molecule has 1 aromatic carbocycles. The van der Waals surface area contributed by atoms with Gasteiger partial charge in [-0.15, -0.1) is 5.10 Å². The van der Waals surface area contributed by atoms with Crippen molar-refractivity contribution in [2.24, 2.45) is 0 Å². The molecule has 0 saturated carbocycles. The Bertz CT molecular complexity index is 808. The second-order valence-electron chi connectivity index (χ2n) is 6.98. The molecule has 7 nitrogen and oxygen atoms in total. The third kappa shape index (κ3) is 5.77. The maximum Gasteiger partial charge on any atom is 0.331 e. The van der Waals surface area contributed by atoms with E-state index in [0.29, 0.717) is 12.2 Å². The van der Waals surface area contributed by atoms with Crippen molar-refractivity contribution >= 4 is 18.0 Å². The molecule has 7 heteroatoms. The second-order valence-corrected chi connectivity index (χ2v) is 6.98. The summed E-state index contributed by atoms with van der Waals surface area (Å²) in [6.07, 6.45) is 8.09. The summed E-state index contributed by atoms with van der Waals surface area (Å²) in [6.45, 7) is 3.70. The van der Waals surface area contributed by atoms with E-state index in [1.807, 2.05) is 30.3 Å². The Labute approximate surface area is 165 Å². The summed E-state index contributed by atoms with van der Waals surface area (Å²) in [5.41, 5.74) is 1.67. The number of hydrogen-bond donors (Lipinski definition) is 0. The van der Waals surface area contributed by atoms with Gasteiger partial charge in [-0.3, -0.25) is 4.79 Å². The molecule has 148 valence electrons. The lowest BCUT2D eigenvalue weighted by Gasteiger charge is -2.23. The van der Waals surface area contributed by atoms with Crippen molar-refractivity contribution in [2.45, 2.75) is 45.3 Å². The fraction of sp³-hybridized carbons (Fsp3) is 0.429. The fourth-order valence-electron chi connectivity index (χ4n) is 3.20. The zero-order valence-corrected chi connectivity index (χ0v) is 16.2. The van der Waals surface area contributed by atoms with Crippen molar-refractivity contribution in [1.82, 2.24) is 19.9 Å². The fourth-order valence-corrected chi connectivity index (χ4v) is 3.20. The lowest BCUT2D eigenvalue weighted by Crippen LogP contribution is -2.40. The quantitative estimate of drug-likeness (QED) is 0.567. The summed E-state index contributed by atoms with van der Waals surface area (Å²) in [5.74, 6) is -0.689. The molecule has 3 rings (SSSR count). The van der Waals surface area contributed by atoms with Crippen LogP contribution < -0.4 is 0 Å². The molecule has 2 heterocycles. The lowest BCUT2D eigenvalue weighted by atomic mass is 10.2. The second kappa shape index (κ2) is 9.82. The standard InChI is InChI=1S/C21H26N4O3/c1-17(21(27)24-13-7-2-3-8-14-24)28-20(26)12-11-19-16-25(23-22-19)15-18-9-5-4-6-10-18/h4-6,9-12,16-17H,2-3,7-8,13-15H2,1H3/b12-11+/t17-/m0/s1. The first-order valence-electron chi connectivity index (χ1n) is 9.73. The minimum absolute atomic E-state index is 0.127. The van der Waals surface area contributed by atoms with Crippen molar-refractivity contribution in [3.8, 4) is 0 Å². The molecule has 1 aliphatic rings. The lowest BCUT2D eigenvalue weighted by molar-refractivity contribution is -0.155. The predicted octanol–water partition coefficient (Wildman–Crippen LogP) is 2.67. The van der Waals surface area contributed by atoms with Crippen LogP contribution in [0.2, 0.25) is 0 Å². The number of aromatic nitrogens is 3. The Morgan fingerprint density at radius 2 is 1.86 bits per heavy atom. The van der Waals surface area contributed by atoms with Crippen LogP contribution in [0.1, 0.15) is 43.9 Å². The number of rotatable bonds is 6. The van der Waals surface area contributed by atoms with E-state index in [2.05, 4.69) is 10.3 Å². The summed E-state index contributed by atoms with van der Waals surface area (Å²) in [4.78, 5) is 26.3.